The summed E-state index contributed by atoms with van der Waals surface area (Å²) in [7, 11) is -3.47. The van der Waals surface area contributed by atoms with Crippen LogP contribution in [0.2, 0.25) is 0 Å². The Morgan fingerprint density at radius 3 is 2.81 bits per heavy atom. The maximum Gasteiger partial charge on any atom is 0.243 e. The van der Waals surface area contributed by atoms with Crippen LogP contribution in [0.3, 0.4) is 0 Å². The number of ether oxygens (including phenoxy) is 1. The van der Waals surface area contributed by atoms with Gasteiger partial charge in [0, 0.05) is 32.5 Å². The highest BCUT2D eigenvalue weighted by molar-refractivity contribution is 7.89. The molecule has 0 saturated carbocycles. The van der Waals surface area contributed by atoms with E-state index in [1.165, 1.54) is 6.20 Å². The predicted octanol–water partition coefficient (Wildman–Crippen LogP) is 0.588. The van der Waals surface area contributed by atoms with E-state index >= 15 is 0 Å². The number of nitrogens with one attached hydrogen (secondary N) is 2. The second kappa shape index (κ2) is 9.88. The number of nitrogens with zero attached hydrogens (tertiary/aromatic N) is 2. The average molecular weight is 318 g/mol. The summed E-state index contributed by atoms with van der Waals surface area (Å²) in [6.07, 6.45) is 4.52. The van der Waals surface area contributed by atoms with Gasteiger partial charge in [-0.2, -0.15) is 5.10 Å². The molecule has 0 aliphatic carbocycles. The molecule has 1 rings (SSSR count). The molecule has 0 radical (unpaired) electrons. The topological polar surface area (TPSA) is 85.2 Å². The first-order valence-electron chi connectivity index (χ1n) is 7.40. The van der Waals surface area contributed by atoms with Crippen molar-refractivity contribution >= 4 is 10.0 Å². The lowest BCUT2D eigenvalue weighted by Gasteiger charge is -2.05. The van der Waals surface area contributed by atoms with Crippen LogP contribution < -0.4 is 10.0 Å². The molecule has 7 nitrogen and oxygen atoms in total. The molecule has 0 aromatic carbocycles. The lowest BCUT2D eigenvalue weighted by Crippen LogP contribution is -2.25. The van der Waals surface area contributed by atoms with E-state index < -0.39 is 10.0 Å². The molecule has 8 heteroatoms. The van der Waals surface area contributed by atoms with Gasteiger partial charge in [0.1, 0.15) is 4.90 Å². The summed E-state index contributed by atoms with van der Waals surface area (Å²) in [6.45, 7) is 8.07. The average Bonchev–Trinajstić information content (AvgIpc) is 2.93. The molecule has 0 bridgehead atoms. The second-order valence-electron chi connectivity index (χ2n) is 4.59. The number of hydrogen-bond donors (Lipinski definition) is 2. The van der Waals surface area contributed by atoms with E-state index in [9.17, 15) is 8.42 Å². The van der Waals surface area contributed by atoms with Gasteiger partial charge < -0.3 is 10.1 Å². The van der Waals surface area contributed by atoms with Crippen LogP contribution in [0.25, 0.3) is 0 Å². The minimum atomic E-state index is -3.47. The molecule has 2 N–H and O–H groups in total. The summed E-state index contributed by atoms with van der Waals surface area (Å²) in [4.78, 5) is 0.211. The van der Waals surface area contributed by atoms with E-state index in [1.54, 1.807) is 10.9 Å². The Morgan fingerprint density at radius 2 is 2.10 bits per heavy atom. The Morgan fingerprint density at radius 1 is 1.29 bits per heavy atom. The standard InChI is InChI=1S/C13H26N4O3S/c1-3-14-7-5-9-17-12-13(11-15-17)21(18,19)16-8-6-10-20-4-2/h11-12,14,16H,3-10H2,1-2H3. The monoisotopic (exact) mass is 318 g/mol. The molecule has 0 saturated heterocycles. The number of hydrogen-bond acceptors (Lipinski definition) is 5. The fourth-order valence-corrected chi connectivity index (χ4v) is 2.78. The predicted molar refractivity (Wildman–Crippen MR) is 81.7 cm³/mol. The van der Waals surface area contributed by atoms with Gasteiger partial charge in [-0.25, -0.2) is 13.1 Å². The summed E-state index contributed by atoms with van der Waals surface area (Å²) in [5.41, 5.74) is 0. The maximum absolute atomic E-state index is 12.0. The fourth-order valence-electron chi connectivity index (χ4n) is 1.76. The smallest absolute Gasteiger partial charge is 0.243 e. The first-order chi connectivity index (χ1) is 10.1. The highest BCUT2D eigenvalue weighted by atomic mass is 32.2. The number of aromatic nitrogens is 2. The van der Waals surface area contributed by atoms with Gasteiger partial charge in [-0.3, -0.25) is 4.68 Å². The van der Waals surface area contributed by atoms with Gasteiger partial charge in [-0.05, 0) is 32.9 Å². The van der Waals surface area contributed by atoms with Crippen molar-refractivity contribution in [1.82, 2.24) is 19.8 Å². The van der Waals surface area contributed by atoms with E-state index in [-0.39, 0.29) is 4.90 Å². The summed E-state index contributed by atoms with van der Waals surface area (Å²) in [5, 5.41) is 7.30. The summed E-state index contributed by atoms with van der Waals surface area (Å²) >= 11 is 0. The summed E-state index contributed by atoms with van der Waals surface area (Å²) < 4.78 is 33.4. The van der Waals surface area contributed by atoms with Crippen LogP contribution in [0.5, 0.6) is 0 Å². The fraction of sp³-hybridized carbons (Fsp3) is 0.769. The molecular weight excluding hydrogens is 292 g/mol. The van der Waals surface area contributed by atoms with Crippen LogP contribution in [-0.2, 0) is 21.3 Å². The molecule has 0 unspecified atom stereocenters. The van der Waals surface area contributed by atoms with Gasteiger partial charge in [0.15, 0.2) is 0 Å². The molecule has 0 aliphatic rings. The van der Waals surface area contributed by atoms with E-state index in [2.05, 4.69) is 22.1 Å². The Hall–Kier alpha value is -0.960. The SMILES string of the molecule is CCNCCCn1cc(S(=O)(=O)NCCCOCC)cn1. The third-order valence-electron chi connectivity index (χ3n) is 2.87. The van der Waals surface area contributed by atoms with E-state index in [0.717, 1.165) is 19.5 Å². The third kappa shape index (κ3) is 7.03. The maximum atomic E-state index is 12.0. The van der Waals surface area contributed by atoms with Gasteiger partial charge in [0.05, 0.1) is 6.20 Å². The van der Waals surface area contributed by atoms with Gasteiger partial charge in [0.2, 0.25) is 10.0 Å². The lowest BCUT2D eigenvalue weighted by atomic mass is 10.4. The van der Waals surface area contributed by atoms with E-state index in [1.807, 2.05) is 6.92 Å². The normalized spacial score (nSPS) is 11.9. The van der Waals surface area contributed by atoms with Gasteiger partial charge in [-0.15, -0.1) is 0 Å². The molecule has 0 aliphatic heterocycles. The van der Waals surface area contributed by atoms with E-state index in [0.29, 0.717) is 32.7 Å². The van der Waals surface area contributed by atoms with Crippen molar-refractivity contribution < 1.29 is 13.2 Å². The Balaban J connectivity index is 2.39. The van der Waals surface area contributed by atoms with Crippen molar-refractivity contribution in [2.24, 2.45) is 0 Å². The molecule has 0 atom stereocenters. The quantitative estimate of drug-likeness (QED) is 0.551. The van der Waals surface area contributed by atoms with Gasteiger partial charge in [-0.1, -0.05) is 6.92 Å². The zero-order valence-electron chi connectivity index (χ0n) is 12.8. The molecule has 1 aromatic rings. The highest BCUT2D eigenvalue weighted by Gasteiger charge is 2.15. The summed E-state index contributed by atoms with van der Waals surface area (Å²) in [6, 6.07) is 0. The molecule has 1 heterocycles. The zero-order chi connectivity index (χ0) is 15.6. The van der Waals surface area contributed by atoms with E-state index in [4.69, 9.17) is 4.74 Å². The first-order valence-corrected chi connectivity index (χ1v) is 8.89. The zero-order valence-corrected chi connectivity index (χ0v) is 13.7. The van der Waals surface area contributed by atoms with Crippen molar-refractivity contribution in [3.63, 3.8) is 0 Å². The molecule has 1 aromatic heterocycles. The Labute approximate surface area is 127 Å². The van der Waals surface area contributed by atoms with Crippen LogP contribution >= 0.6 is 0 Å². The molecule has 21 heavy (non-hydrogen) atoms. The Kier molecular flexibility index (Phi) is 8.51. The van der Waals surface area contributed by atoms with Crippen molar-refractivity contribution in [3.05, 3.63) is 12.4 Å². The minimum absolute atomic E-state index is 0.211. The van der Waals surface area contributed by atoms with Crippen LogP contribution in [0.15, 0.2) is 17.3 Å². The first kappa shape index (κ1) is 18.1. The number of aryl methyl sites for hydroxylation is 1. The van der Waals surface area contributed by atoms with Crippen LogP contribution in [0, 0.1) is 0 Å². The molecular formula is C13H26N4O3S. The largest absolute Gasteiger partial charge is 0.382 e. The van der Waals surface area contributed by atoms with Gasteiger partial charge in [0.25, 0.3) is 0 Å². The molecule has 0 spiro atoms. The Bertz CT molecular complexity index is 487. The lowest BCUT2D eigenvalue weighted by molar-refractivity contribution is 0.146. The third-order valence-corrected chi connectivity index (χ3v) is 4.29. The van der Waals surface area contributed by atoms with Crippen LogP contribution in [0.1, 0.15) is 26.7 Å². The van der Waals surface area contributed by atoms with Crippen molar-refractivity contribution in [2.75, 3.05) is 32.8 Å². The van der Waals surface area contributed by atoms with Crippen molar-refractivity contribution in [2.45, 2.75) is 38.1 Å². The van der Waals surface area contributed by atoms with Gasteiger partial charge >= 0.3 is 0 Å². The van der Waals surface area contributed by atoms with Crippen molar-refractivity contribution in [1.29, 1.82) is 0 Å². The highest BCUT2D eigenvalue weighted by Crippen LogP contribution is 2.07. The summed E-state index contributed by atoms with van der Waals surface area (Å²) in [5.74, 6) is 0. The molecule has 0 fully saturated rings. The van der Waals surface area contributed by atoms with Crippen LogP contribution in [0.4, 0.5) is 0 Å². The molecule has 0 amide bonds. The second-order valence-corrected chi connectivity index (χ2v) is 6.36. The van der Waals surface area contributed by atoms with Crippen molar-refractivity contribution in [3.8, 4) is 0 Å². The minimum Gasteiger partial charge on any atom is -0.382 e. The molecule has 122 valence electrons. The number of sulfonamides is 1. The number of rotatable bonds is 12. The van der Waals surface area contributed by atoms with Crippen LogP contribution in [-0.4, -0.2) is 51.0 Å².